The molecule has 0 aliphatic carbocycles. The van der Waals surface area contributed by atoms with Gasteiger partial charge in [0, 0.05) is 24.3 Å². The van der Waals surface area contributed by atoms with Crippen molar-refractivity contribution in [1.29, 1.82) is 0 Å². The number of nitrogens with zero attached hydrogens (tertiary/aromatic N) is 1. The summed E-state index contributed by atoms with van der Waals surface area (Å²) >= 11 is 0. The van der Waals surface area contributed by atoms with Crippen LogP contribution in [0, 0.1) is 0 Å². The van der Waals surface area contributed by atoms with E-state index in [2.05, 4.69) is 6.07 Å². The lowest BCUT2D eigenvalue weighted by molar-refractivity contribution is -0.118. The number of benzene rings is 2. The van der Waals surface area contributed by atoms with Gasteiger partial charge in [0.25, 0.3) is 0 Å². The molecule has 1 aliphatic heterocycles. The fourth-order valence-electron chi connectivity index (χ4n) is 2.93. The van der Waals surface area contributed by atoms with Crippen LogP contribution in [0.4, 0.5) is 11.4 Å². The Balaban J connectivity index is 1.69. The highest BCUT2D eigenvalue weighted by Crippen LogP contribution is 2.27. The normalized spacial score (nSPS) is 13.8. The molecule has 1 aliphatic rings. The predicted octanol–water partition coefficient (Wildman–Crippen LogP) is 3.18. The number of rotatable bonds is 3. The van der Waals surface area contributed by atoms with Crippen molar-refractivity contribution in [2.24, 2.45) is 0 Å². The Kier molecular flexibility index (Phi) is 3.91. The summed E-state index contributed by atoms with van der Waals surface area (Å²) in [5.74, 6) is 0.199. The summed E-state index contributed by atoms with van der Waals surface area (Å²) in [7, 11) is 0. The molecule has 3 heteroatoms. The van der Waals surface area contributed by atoms with Crippen molar-refractivity contribution < 1.29 is 4.79 Å². The van der Waals surface area contributed by atoms with E-state index in [1.54, 1.807) is 0 Å². The molecular formula is C18H20N2O. The Morgan fingerprint density at radius 2 is 2.00 bits per heavy atom. The van der Waals surface area contributed by atoms with Crippen molar-refractivity contribution >= 4 is 17.3 Å². The van der Waals surface area contributed by atoms with Crippen LogP contribution in [0.25, 0.3) is 0 Å². The van der Waals surface area contributed by atoms with E-state index in [4.69, 9.17) is 5.73 Å². The number of fused-ring (bicyclic) bond motifs is 1. The first-order valence-corrected chi connectivity index (χ1v) is 7.47. The second kappa shape index (κ2) is 6.00. The number of aryl methyl sites for hydroxylation is 2. The number of anilines is 2. The van der Waals surface area contributed by atoms with E-state index in [-0.39, 0.29) is 5.91 Å². The van der Waals surface area contributed by atoms with E-state index in [0.29, 0.717) is 6.42 Å². The Bertz CT molecular complexity index is 651. The zero-order valence-electron chi connectivity index (χ0n) is 12.1. The lowest BCUT2D eigenvalue weighted by Gasteiger charge is -2.29. The molecule has 108 valence electrons. The predicted molar refractivity (Wildman–Crippen MR) is 86.3 cm³/mol. The van der Waals surface area contributed by atoms with E-state index < -0.39 is 0 Å². The summed E-state index contributed by atoms with van der Waals surface area (Å²) in [6.45, 7) is 0.826. The van der Waals surface area contributed by atoms with Gasteiger partial charge in [-0.15, -0.1) is 0 Å². The molecule has 3 rings (SSSR count). The molecule has 0 saturated carbocycles. The fourth-order valence-corrected chi connectivity index (χ4v) is 2.93. The van der Waals surface area contributed by atoms with Crippen LogP contribution >= 0.6 is 0 Å². The molecule has 0 spiro atoms. The Hall–Kier alpha value is -2.29. The fraction of sp³-hybridized carbons (Fsp3) is 0.278. The quantitative estimate of drug-likeness (QED) is 0.878. The third-order valence-electron chi connectivity index (χ3n) is 3.99. The monoisotopic (exact) mass is 280 g/mol. The smallest absolute Gasteiger partial charge is 0.227 e. The molecular weight excluding hydrogens is 260 g/mol. The molecule has 0 fully saturated rings. The second-order valence-corrected chi connectivity index (χ2v) is 5.52. The molecule has 21 heavy (non-hydrogen) atoms. The number of hydrogen-bond donors (Lipinski definition) is 1. The standard InChI is InChI=1S/C18H20N2O/c19-16-8-3-5-14(13-16)10-11-18(21)20-12-4-7-15-6-1-2-9-17(15)20/h1-3,5-6,8-9,13H,4,7,10-12,19H2. The van der Waals surface area contributed by atoms with Crippen molar-refractivity contribution in [2.75, 3.05) is 17.2 Å². The van der Waals surface area contributed by atoms with Crippen LogP contribution in [0.1, 0.15) is 24.0 Å². The molecule has 2 N–H and O–H groups in total. The highest BCUT2D eigenvalue weighted by molar-refractivity contribution is 5.94. The van der Waals surface area contributed by atoms with Gasteiger partial charge < -0.3 is 10.6 Å². The average Bonchev–Trinajstić information content (AvgIpc) is 2.52. The van der Waals surface area contributed by atoms with Crippen LogP contribution in [-0.4, -0.2) is 12.5 Å². The Labute approximate surface area is 125 Å². The number of para-hydroxylation sites is 1. The first-order chi connectivity index (χ1) is 10.2. The maximum atomic E-state index is 12.5. The summed E-state index contributed by atoms with van der Waals surface area (Å²) < 4.78 is 0. The third kappa shape index (κ3) is 3.07. The van der Waals surface area contributed by atoms with E-state index in [1.807, 2.05) is 47.4 Å². The number of carbonyl (C=O) groups excluding carboxylic acids is 1. The molecule has 1 amide bonds. The maximum absolute atomic E-state index is 12.5. The summed E-state index contributed by atoms with van der Waals surface area (Å²) in [4.78, 5) is 14.4. The first-order valence-electron chi connectivity index (χ1n) is 7.47. The van der Waals surface area contributed by atoms with Crippen molar-refractivity contribution in [3.63, 3.8) is 0 Å². The largest absolute Gasteiger partial charge is 0.399 e. The summed E-state index contributed by atoms with van der Waals surface area (Å²) in [5, 5.41) is 0. The van der Waals surface area contributed by atoms with Crippen LogP contribution in [0.15, 0.2) is 48.5 Å². The minimum absolute atomic E-state index is 0.199. The maximum Gasteiger partial charge on any atom is 0.227 e. The first kappa shape index (κ1) is 13.7. The van der Waals surface area contributed by atoms with E-state index in [0.717, 1.165) is 42.7 Å². The van der Waals surface area contributed by atoms with Crippen molar-refractivity contribution in [2.45, 2.75) is 25.7 Å². The minimum Gasteiger partial charge on any atom is -0.399 e. The van der Waals surface area contributed by atoms with Gasteiger partial charge in [0.15, 0.2) is 0 Å². The minimum atomic E-state index is 0.199. The van der Waals surface area contributed by atoms with Gasteiger partial charge in [-0.3, -0.25) is 4.79 Å². The van der Waals surface area contributed by atoms with Crippen LogP contribution in [0.3, 0.4) is 0 Å². The SMILES string of the molecule is Nc1cccc(CCC(=O)N2CCCc3ccccc32)c1. The molecule has 3 nitrogen and oxygen atoms in total. The Morgan fingerprint density at radius 1 is 1.14 bits per heavy atom. The number of nitrogens with two attached hydrogens (primary N) is 1. The summed E-state index contributed by atoms with van der Waals surface area (Å²) in [6.07, 6.45) is 3.37. The van der Waals surface area contributed by atoms with Crippen LogP contribution in [0.2, 0.25) is 0 Å². The highest BCUT2D eigenvalue weighted by Gasteiger charge is 2.21. The number of carbonyl (C=O) groups is 1. The zero-order valence-corrected chi connectivity index (χ0v) is 12.1. The van der Waals surface area contributed by atoms with Gasteiger partial charge in [-0.05, 0) is 48.6 Å². The molecule has 0 aromatic heterocycles. The number of amides is 1. The van der Waals surface area contributed by atoms with Gasteiger partial charge in [-0.25, -0.2) is 0 Å². The topological polar surface area (TPSA) is 46.3 Å². The molecule has 2 aromatic rings. The molecule has 0 saturated heterocycles. The van der Waals surface area contributed by atoms with Crippen molar-refractivity contribution in [1.82, 2.24) is 0 Å². The van der Waals surface area contributed by atoms with Crippen LogP contribution in [0.5, 0.6) is 0 Å². The van der Waals surface area contributed by atoms with Gasteiger partial charge in [0.05, 0.1) is 0 Å². The number of hydrogen-bond acceptors (Lipinski definition) is 2. The van der Waals surface area contributed by atoms with Gasteiger partial charge in [0.2, 0.25) is 5.91 Å². The zero-order chi connectivity index (χ0) is 14.7. The average molecular weight is 280 g/mol. The molecule has 2 aromatic carbocycles. The van der Waals surface area contributed by atoms with Gasteiger partial charge in [-0.1, -0.05) is 30.3 Å². The lowest BCUT2D eigenvalue weighted by atomic mass is 10.0. The van der Waals surface area contributed by atoms with E-state index in [1.165, 1.54) is 5.56 Å². The molecule has 1 heterocycles. The van der Waals surface area contributed by atoms with E-state index >= 15 is 0 Å². The number of nitrogen functional groups attached to an aromatic ring is 1. The lowest BCUT2D eigenvalue weighted by Crippen LogP contribution is -2.35. The third-order valence-corrected chi connectivity index (χ3v) is 3.99. The van der Waals surface area contributed by atoms with Crippen LogP contribution in [-0.2, 0) is 17.6 Å². The summed E-state index contributed by atoms with van der Waals surface area (Å²) in [5.41, 5.74) is 10.0. The second-order valence-electron chi connectivity index (χ2n) is 5.52. The van der Waals surface area contributed by atoms with E-state index in [9.17, 15) is 4.79 Å². The molecule has 0 unspecified atom stereocenters. The molecule has 0 radical (unpaired) electrons. The van der Waals surface area contributed by atoms with Crippen molar-refractivity contribution in [3.8, 4) is 0 Å². The van der Waals surface area contributed by atoms with Crippen LogP contribution < -0.4 is 10.6 Å². The summed E-state index contributed by atoms with van der Waals surface area (Å²) in [6, 6.07) is 16.0. The van der Waals surface area contributed by atoms with Crippen molar-refractivity contribution in [3.05, 3.63) is 59.7 Å². The van der Waals surface area contributed by atoms with Gasteiger partial charge in [-0.2, -0.15) is 0 Å². The molecule has 0 bridgehead atoms. The Morgan fingerprint density at radius 3 is 2.86 bits per heavy atom. The van der Waals surface area contributed by atoms with Gasteiger partial charge in [0.1, 0.15) is 0 Å². The highest BCUT2D eigenvalue weighted by atomic mass is 16.2. The molecule has 0 atom stereocenters. The van der Waals surface area contributed by atoms with Gasteiger partial charge >= 0.3 is 0 Å².